The zero-order valence-electron chi connectivity index (χ0n) is 9.16. The first kappa shape index (κ1) is 15.5. The third-order valence-corrected chi connectivity index (χ3v) is 3.00. The summed E-state index contributed by atoms with van der Waals surface area (Å²) in [5.41, 5.74) is 0. The highest BCUT2D eigenvalue weighted by molar-refractivity contribution is 6.53. The molecule has 0 aliphatic carbocycles. The van der Waals surface area contributed by atoms with Crippen LogP contribution in [0.3, 0.4) is 0 Å². The van der Waals surface area contributed by atoms with E-state index in [0.29, 0.717) is 0 Å². The molecule has 0 heterocycles. The Morgan fingerprint density at radius 3 is 1.00 bits per heavy atom. The lowest BCUT2D eigenvalue weighted by atomic mass is 10.5. The van der Waals surface area contributed by atoms with E-state index in [9.17, 15) is 0 Å². The van der Waals surface area contributed by atoms with Gasteiger partial charge in [0.15, 0.2) is 0 Å². The fraction of sp³-hybridized carbons (Fsp3) is 1.00. The fourth-order valence-electron chi connectivity index (χ4n) is 0.500. The van der Waals surface area contributed by atoms with E-state index in [0.717, 1.165) is 0 Å². The summed E-state index contributed by atoms with van der Waals surface area (Å²) in [5, 5.41) is 8.06. The molecule has 0 fully saturated rings. The lowest BCUT2D eigenvalue weighted by molar-refractivity contribution is 0.0226. The van der Waals surface area contributed by atoms with E-state index >= 15 is 0 Å². The van der Waals surface area contributed by atoms with Crippen LogP contribution in [0.4, 0.5) is 0 Å². The van der Waals surface area contributed by atoms with Crippen molar-refractivity contribution in [3.63, 3.8) is 0 Å². The molecule has 0 radical (unpaired) electrons. The highest BCUT2D eigenvalue weighted by Gasteiger charge is 2.40. The van der Waals surface area contributed by atoms with Gasteiger partial charge in [-0.25, -0.2) is 0 Å². The Kier molecular flexibility index (Phi) is 10.3. The van der Waals surface area contributed by atoms with E-state index < -0.39 is 9.05 Å². The van der Waals surface area contributed by atoms with Gasteiger partial charge in [-0.05, 0) is 13.8 Å². The summed E-state index contributed by atoms with van der Waals surface area (Å²) in [6.07, 6.45) is -0.167. The summed E-state index contributed by atoms with van der Waals surface area (Å²) in [7, 11) is 3.26. The molecule has 5 nitrogen and oxygen atoms in total. The molecule has 0 spiro atoms. The lowest BCUT2D eigenvalue weighted by Crippen LogP contribution is -2.45. The monoisotopic (exact) mass is 212 g/mol. The van der Waals surface area contributed by atoms with Crippen LogP contribution in [0, 0.1) is 0 Å². The van der Waals surface area contributed by atoms with Crippen LogP contribution in [-0.2, 0) is 17.7 Å². The second-order valence-electron chi connectivity index (χ2n) is 2.41. The second-order valence-corrected chi connectivity index (χ2v) is 5.04. The molecule has 0 saturated heterocycles. The molecule has 6 heteroatoms. The highest BCUT2D eigenvalue weighted by atomic mass is 28.4. The highest BCUT2D eigenvalue weighted by Crippen LogP contribution is 2.04. The van der Waals surface area contributed by atoms with Crippen LogP contribution < -0.4 is 0 Å². The Morgan fingerprint density at radius 2 is 1.00 bits per heavy atom. The van der Waals surface area contributed by atoms with Crippen LogP contribution in [0.15, 0.2) is 0 Å². The van der Waals surface area contributed by atoms with Crippen LogP contribution in [0.1, 0.15) is 13.8 Å². The Hall–Kier alpha value is 0.0169. The van der Waals surface area contributed by atoms with Gasteiger partial charge in [0.1, 0.15) is 0 Å². The molecule has 0 unspecified atom stereocenters. The van der Waals surface area contributed by atoms with Crippen LogP contribution in [-0.4, -0.2) is 48.7 Å². The first-order valence-electron chi connectivity index (χ1n) is 3.86. The van der Waals surface area contributed by atoms with E-state index in [1.165, 1.54) is 28.4 Å². The van der Waals surface area contributed by atoms with Gasteiger partial charge in [-0.2, -0.15) is 0 Å². The molecule has 0 rings (SSSR count). The Bertz CT molecular complexity index is 84.8. The Labute approximate surface area is 81.1 Å². The average molecular weight is 212 g/mol. The third-order valence-electron chi connectivity index (χ3n) is 1.00. The number of aliphatic hydroxyl groups excluding tert-OH is 1. The van der Waals surface area contributed by atoms with Crippen molar-refractivity contribution in [2.45, 2.75) is 20.0 Å². The van der Waals surface area contributed by atoms with Crippen molar-refractivity contribution in [1.29, 1.82) is 0 Å². The molecule has 0 aromatic carbocycles. The van der Waals surface area contributed by atoms with Crippen molar-refractivity contribution in [3.8, 4) is 0 Å². The first-order valence-corrected chi connectivity index (χ1v) is 5.50. The predicted octanol–water partition coefficient (Wildman–Crippen LogP) is 0.395. The van der Waals surface area contributed by atoms with Crippen LogP contribution in [0.5, 0.6) is 0 Å². The molecule has 0 aliphatic rings. The van der Waals surface area contributed by atoms with Crippen LogP contribution in [0.2, 0.25) is 0 Å². The van der Waals surface area contributed by atoms with E-state index in [2.05, 4.69) is 0 Å². The van der Waals surface area contributed by atoms with Gasteiger partial charge in [-0.15, -0.1) is 0 Å². The van der Waals surface area contributed by atoms with E-state index in [4.69, 9.17) is 22.8 Å². The molecule has 0 amide bonds. The molecule has 1 N–H and O–H groups in total. The van der Waals surface area contributed by atoms with E-state index in [-0.39, 0.29) is 6.10 Å². The van der Waals surface area contributed by atoms with Crippen molar-refractivity contribution >= 4 is 9.05 Å². The van der Waals surface area contributed by atoms with Crippen molar-refractivity contribution in [2.24, 2.45) is 0 Å². The van der Waals surface area contributed by atoms with Gasteiger partial charge < -0.3 is 22.8 Å². The normalized spacial score (nSPS) is 11.1. The summed E-state index contributed by atoms with van der Waals surface area (Å²) >= 11 is 0. The maximum atomic E-state index is 8.06. The van der Waals surface area contributed by atoms with Crippen molar-refractivity contribution in [3.05, 3.63) is 0 Å². The molecule has 0 aromatic heterocycles. The predicted molar refractivity (Wildman–Crippen MR) is 51.1 cm³/mol. The summed E-state index contributed by atoms with van der Waals surface area (Å²) < 4.78 is 19.4. The standard InChI is InChI=1S/C4H12O4Si.C3H8O/c1-5-9(6-2,7-3)8-4;1-3(2)4/h1-4H3;3-4H,1-2H3. The molecule has 13 heavy (non-hydrogen) atoms. The van der Waals surface area contributed by atoms with Gasteiger partial charge in [0.2, 0.25) is 0 Å². The van der Waals surface area contributed by atoms with Gasteiger partial charge in [0.05, 0.1) is 0 Å². The maximum Gasteiger partial charge on any atom is 0.678 e. The van der Waals surface area contributed by atoms with Gasteiger partial charge in [0.25, 0.3) is 0 Å². The van der Waals surface area contributed by atoms with Crippen molar-refractivity contribution in [2.75, 3.05) is 28.4 Å². The van der Waals surface area contributed by atoms with Gasteiger partial charge in [-0.1, -0.05) is 0 Å². The van der Waals surface area contributed by atoms with E-state index in [1.54, 1.807) is 13.8 Å². The largest absolute Gasteiger partial charge is 0.678 e. The number of rotatable bonds is 4. The van der Waals surface area contributed by atoms with Crippen molar-refractivity contribution < 1.29 is 22.8 Å². The van der Waals surface area contributed by atoms with E-state index in [1.807, 2.05) is 0 Å². The Morgan fingerprint density at radius 1 is 0.846 bits per heavy atom. The van der Waals surface area contributed by atoms with Gasteiger partial charge >= 0.3 is 9.05 Å². The number of hydrogen-bond donors (Lipinski definition) is 1. The molecule has 0 atom stereocenters. The van der Waals surface area contributed by atoms with Gasteiger partial charge in [-0.3, -0.25) is 0 Å². The lowest BCUT2D eigenvalue weighted by Gasteiger charge is -2.19. The maximum absolute atomic E-state index is 8.06. The zero-order chi connectivity index (χ0) is 10.9. The average Bonchev–Trinajstić information content (AvgIpc) is 2.09. The SMILES string of the molecule is CC(C)O.CO[Si](OC)(OC)OC. The minimum Gasteiger partial charge on any atom is -0.394 e. The molecule has 82 valence electrons. The minimum atomic E-state index is -2.69. The minimum absolute atomic E-state index is 0.167. The topological polar surface area (TPSA) is 57.2 Å². The van der Waals surface area contributed by atoms with Crippen molar-refractivity contribution in [1.82, 2.24) is 0 Å². The quantitative estimate of drug-likeness (QED) is 0.683. The number of aliphatic hydroxyl groups is 1. The van der Waals surface area contributed by atoms with Crippen LogP contribution in [0.25, 0.3) is 0 Å². The number of hydrogen-bond acceptors (Lipinski definition) is 5. The fourth-order valence-corrected chi connectivity index (χ4v) is 1.50. The second kappa shape index (κ2) is 8.61. The first-order chi connectivity index (χ1) is 5.97. The van der Waals surface area contributed by atoms with Gasteiger partial charge in [0, 0.05) is 34.5 Å². The molecule has 0 saturated carbocycles. The smallest absolute Gasteiger partial charge is 0.394 e. The molecule has 0 aliphatic heterocycles. The summed E-state index contributed by atoms with van der Waals surface area (Å²) in [5.74, 6) is 0. The third kappa shape index (κ3) is 8.35. The summed E-state index contributed by atoms with van der Waals surface area (Å²) in [4.78, 5) is 0. The summed E-state index contributed by atoms with van der Waals surface area (Å²) in [6, 6.07) is 0. The van der Waals surface area contributed by atoms with Crippen LogP contribution >= 0.6 is 0 Å². The molecular formula is C7H20O5Si. The summed E-state index contributed by atoms with van der Waals surface area (Å²) in [6.45, 7) is 3.44. The Balaban J connectivity index is 0. The molecular weight excluding hydrogens is 192 g/mol. The molecule has 0 aromatic rings. The zero-order valence-corrected chi connectivity index (χ0v) is 10.2. The molecule has 0 bridgehead atoms.